The van der Waals surface area contributed by atoms with Crippen LogP contribution in [0.1, 0.15) is 76.5 Å². The first-order chi connectivity index (χ1) is 19.8. The third kappa shape index (κ3) is 7.55. The summed E-state index contributed by atoms with van der Waals surface area (Å²) in [6, 6.07) is 16.1. The molecule has 1 fully saturated rings. The van der Waals surface area contributed by atoms with Crippen LogP contribution in [0, 0.1) is 5.41 Å². The predicted octanol–water partition coefficient (Wildman–Crippen LogP) is 8.19. The molecule has 3 aromatic rings. The highest BCUT2D eigenvalue weighted by Crippen LogP contribution is 2.58. The number of methoxy groups -OCH3 is 1. The van der Waals surface area contributed by atoms with Gasteiger partial charge in [0, 0.05) is 34.5 Å². The number of para-hydroxylation sites is 1. The van der Waals surface area contributed by atoms with E-state index in [1.54, 1.807) is 30.3 Å². The summed E-state index contributed by atoms with van der Waals surface area (Å²) in [5, 5.41) is 7.98. The average molecular weight is 572 g/mol. The van der Waals surface area contributed by atoms with Crippen molar-refractivity contribution in [2.45, 2.75) is 70.8 Å². The topological polar surface area (TPSA) is 63.2 Å². The zero-order valence-corrected chi connectivity index (χ0v) is 25.9. The normalized spacial score (nSPS) is 20.4. The number of allylic oxidation sites excluding steroid dienone is 3. The minimum atomic E-state index is -0.0761. The number of nitrogens with zero attached hydrogens (tertiary/aromatic N) is 1. The molecule has 1 aromatic heterocycles. The van der Waals surface area contributed by atoms with E-state index >= 15 is 0 Å². The van der Waals surface area contributed by atoms with Crippen molar-refractivity contribution < 1.29 is 9.53 Å². The molecule has 1 saturated carbocycles. The molecular weight excluding hydrogens is 526 g/mol. The van der Waals surface area contributed by atoms with Gasteiger partial charge >= 0.3 is 0 Å². The van der Waals surface area contributed by atoms with Crippen LogP contribution in [-0.4, -0.2) is 36.5 Å². The van der Waals surface area contributed by atoms with Gasteiger partial charge in [-0.25, -0.2) is 0 Å². The predicted molar refractivity (Wildman–Crippen MR) is 174 cm³/mol. The molecule has 4 rings (SSSR count). The van der Waals surface area contributed by atoms with Crippen LogP contribution < -0.4 is 15.4 Å². The van der Waals surface area contributed by atoms with Crippen LogP contribution in [0.5, 0.6) is 5.75 Å². The number of carbonyl (C=O) groups is 1. The molecule has 41 heavy (non-hydrogen) atoms. The minimum absolute atomic E-state index is 0.0427. The first-order valence-corrected chi connectivity index (χ1v) is 15.6. The van der Waals surface area contributed by atoms with E-state index in [1.165, 1.54) is 10.1 Å². The third-order valence-electron chi connectivity index (χ3n) is 8.68. The van der Waals surface area contributed by atoms with Crippen molar-refractivity contribution in [1.82, 2.24) is 15.0 Å². The molecule has 2 unspecified atom stereocenters. The van der Waals surface area contributed by atoms with Gasteiger partial charge in [-0.05, 0) is 87.3 Å². The SMILES string of the molecule is C=C(CCCC=C(CCC)CCC1(NC)CC1(C)CNC(=O)C=Cc1ccccc1OC)c1nsc2ccccc12. The van der Waals surface area contributed by atoms with Crippen LogP contribution in [0.3, 0.4) is 0 Å². The molecule has 218 valence electrons. The largest absolute Gasteiger partial charge is 0.496 e. The number of ether oxygens (including phenoxy) is 1. The first-order valence-electron chi connectivity index (χ1n) is 14.8. The number of hydrogen-bond donors (Lipinski definition) is 2. The fraction of sp³-hybridized carbons (Fsp3) is 0.429. The van der Waals surface area contributed by atoms with Crippen molar-refractivity contribution in [3.8, 4) is 5.75 Å². The fourth-order valence-electron chi connectivity index (χ4n) is 5.97. The fourth-order valence-corrected chi connectivity index (χ4v) is 6.79. The van der Waals surface area contributed by atoms with Gasteiger partial charge in [0.15, 0.2) is 0 Å². The van der Waals surface area contributed by atoms with Gasteiger partial charge in [-0.2, -0.15) is 4.37 Å². The standard InChI is InChI=1S/C35H45N3O2S/c1-6-13-27(15-8-7-14-26(2)33-29-17-10-12-19-31(29)41-38-33)22-23-35(36-4)24-34(35,3)25-37-32(39)21-20-28-16-9-11-18-30(28)40-5/h9-12,15-21,36H,2,6-8,13-14,22-25H2,1,3-5H3,(H,37,39). The van der Waals surface area contributed by atoms with Gasteiger partial charge in [0.2, 0.25) is 5.91 Å². The Labute approximate surface area is 250 Å². The first kappa shape index (κ1) is 30.7. The summed E-state index contributed by atoms with van der Waals surface area (Å²) in [4.78, 5) is 12.6. The Kier molecular flexibility index (Phi) is 10.6. The van der Waals surface area contributed by atoms with Crippen LogP contribution in [0.25, 0.3) is 21.7 Å². The molecule has 2 N–H and O–H groups in total. The summed E-state index contributed by atoms with van der Waals surface area (Å²) < 4.78 is 11.3. The van der Waals surface area contributed by atoms with E-state index in [-0.39, 0.29) is 16.9 Å². The van der Waals surface area contributed by atoms with Crippen molar-refractivity contribution in [2.75, 3.05) is 20.7 Å². The number of unbranched alkanes of at least 4 members (excludes halogenated alkanes) is 1. The van der Waals surface area contributed by atoms with Crippen LogP contribution in [0.4, 0.5) is 0 Å². The maximum Gasteiger partial charge on any atom is 0.244 e. The molecule has 2 atom stereocenters. The number of aromatic nitrogens is 1. The highest BCUT2D eigenvalue weighted by Gasteiger charge is 2.62. The van der Waals surface area contributed by atoms with Crippen molar-refractivity contribution in [3.05, 3.63) is 84.1 Å². The smallest absolute Gasteiger partial charge is 0.244 e. The molecule has 1 heterocycles. The van der Waals surface area contributed by atoms with Crippen LogP contribution in [0.2, 0.25) is 0 Å². The van der Waals surface area contributed by atoms with E-state index in [2.05, 4.69) is 72.8 Å². The van der Waals surface area contributed by atoms with Crippen molar-refractivity contribution in [1.29, 1.82) is 0 Å². The maximum atomic E-state index is 12.6. The van der Waals surface area contributed by atoms with Crippen molar-refractivity contribution >= 4 is 39.2 Å². The zero-order chi connectivity index (χ0) is 29.3. The van der Waals surface area contributed by atoms with Gasteiger partial charge < -0.3 is 15.4 Å². The second-order valence-electron chi connectivity index (χ2n) is 11.5. The molecule has 1 amide bonds. The summed E-state index contributed by atoms with van der Waals surface area (Å²) in [5.41, 5.74) is 4.74. The lowest BCUT2D eigenvalue weighted by molar-refractivity contribution is -0.116. The van der Waals surface area contributed by atoms with E-state index in [9.17, 15) is 4.79 Å². The second-order valence-corrected chi connectivity index (χ2v) is 12.3. The second kappa shape index (κ2) is 14.1. The Balaban J connectivity index is 1.25. The number of rotatable bonds is 16. The van der Waals surface area contributed by atoms with Crippen molar-refractivity contribution in [2.24, 2.45) is 5.41 Å². The highest BCUT2D eigenvalue weighted by atomic mass is 32.1. The number of fused-ring (bicyclic) bond motifs is 1. The molecule has 0 spiro atoms. The Morgan fingerprint density at radius 2 is 1.93 bits per heavy atom. The van der Waals surface area contributed by atoms with Gasteiger partial charge in [-0.15, -0.1) is 0 Å². The Hall–Kier alpha value is -3.22. The lowest BCUT2D eigenvalue weighted by Gasteiger charge is -2.23. The van der Waals surface area contributed by atoms with Crippen molar-refractivity contribution in [3.63, 3.8) is 0 Å². The number of amides is 1. The van der Waals surface area contributed by atoms with Crippen LogP contribution in [0.15, 0.2) is 72.8 Å². The lowest BCUT2D eigenvalue weighted by Crippen LogP contribution is -2.39. The quantitative estimate of drug-likeness (QED) is 0.103. The summed E-state index contributed by atoms with van der Waals surface area (Å²) in [6.07, 6.45) is 14.5. The number of hydrogen-bond acceptors (Lipinski definition) is 5. The van der Waals surface area contributed by atoms with E-state index in [4.69, 9.17) is 4.74 Å². The number of nitrogens with one attached hydrogen (secondary N) is 2. The molecule has 0 aliphatic heterocycles. The van der Waals surface area contributed by atoms with Gasteiger partial charge in [0.05, 0.1) is 17.5 Å². The molecule has 1 aliphatic rings. The van der Waals surface area contributed by atoms with E-state index in [0.717, 1.165) is 73.9 Å². The minimum Gasteiger partial charge on any atom is -0.496 e. The van der Waals surface area contributed by atoms with Gasteiger partial charge in [-0.3, -0.25) is 4.79 Å². The van der Waals surface area contributed by atoms with E-state index in [0.29, 0.717) is 6.54 Å². The molecule has 5 nitrogen and oxygen atoms in total. The average Bonchev–Trinajstić information content (AvgIpc) is 3.35. The van der Waals surface area contributed by atoms with Crippen LogP contribution in [-0.2, 0) is 4.79 Å². The van der Waals surface area contributed by atoms with E-state index in [1.807, 2.05) is 30.3 Å². The molecule has 6 heteroatoms. The highest BCUT2D eigenvalue weighted by molar-refractivity contribution is 7.13. The molecule has 0 saturated heterocycles. The summed E-state index contributed by atoms with van der Waals surface area (Å²) >= 11 is 1.56. The molecule has 0 bridgehead atoms. The molecular formula is C35H45N3O2S. The monoisotopic (exact) mass is 571 g/mol. The lowest BCUT2D eigenvalue weighted by atomic mass is 9.93. The number of carbonyl (C=O) groups excluding carboxylic acids is 1. The summed E-state index contributed by atoms with van der Waals surface area (Å²) in [6.45, 7) is 9.54. The Morgan fingerprint density at radius 1 is 1.15 bits per heavy atom. The number of benzene rings is 2. The summed E-state index contributed by atoms with van der Waals surface area (Å²) in [7, 11) is 3.70. The molecule has 1 aliphatic carbocycles. The Morgan fingerprint density at radius 3 is 2.71 bits per heavy atom. The Bertz CT molecular complexity index is 1410. The van der Waals surface area contributed by atoms with Gasteiger partial charge in [0.25, 0.3) is 0 Å². The van der Waals surface area contributed by atoms with E-state index < -0.39 is 0 Å². The van der Waals surface area contributed by atoms with Crippen LogP contribution >= 0.6 is 11.5 Å². The maximum absolute atomic E-state index is 12.6. The van der Waals surface area contributed by atoms with Gasteiger partial charge in [0.1, 0.15) is 5.75 Å². The summed E-state index contributed by atoms with van der Waals surface area (Å²) in [5.74, 6) is 0.682. The molecule has 2 aromatic carbocycles. The van der Waals surface area contributed by atoms with Gasteiger partial charge in [-0.1, -0.05) is 74.9 Å². The third-order valence-corrected chi connectivity index (χ3v) is 9.51. The molecule has 0 radical (unpaired) electrons. The zero-order valence-electron chi connectivity index (χ0n) is 25.1.